The van der Waals surface area contributed by atoms with Gasteiger partial charge in [-0.3, -0.25) is 14.4 Å². The summed E-state index contributed by atoms with van der Waals surface area (Å²) >= 11 is 0. The summed E-state index contributed by atoms with van der Waals surface area (Å²) in [6.07, 6.45) is 9.06. The SMILES string of the molecule is C/C(=C\C(C(C)C)N(C)C(=O)CNC=O)C(=O)N1CCCC1C(=O)OCc1ccccc1.CC.CC(C)N1CCCCC1.CCC. The highest BCUT2D eigenvalue weighted by Gasteiger charge is 2.36. The van der Waals surface area contributed by atoms with Gasteiger partial charge in [0.05, 0.1) is 12.6 Å². The normalized spacial score (nSPS) is 16.9. The van der Waals surface area contributed by atoms with Gasteiger partial charge in [-0.2, -0.15) is 0 Å². The number of rotatable bonds is 11. The maximum atomic E-state index is 13.1. The summed E-state index contributed by atoms with van der Waals surface area (Å²) in [4.78, 5) is 54.2. The van der Waals surface area contributed by atoms with E-state index in [-0.39, 0.29) is 36.9 Å². The van der Waals surface area contributed by atoms with Crippen LogP contribution in [0.4, 0.5) is 0 Å². The van der Waals surface area contributed by atoms with Crippen molar-refractivity contribution in [1.29, 1.82) is 0 Å². The Kier molecular flexibility index (Phi) is 23.2. The molecule has 9 heteroatoms. The zero-order valence-electron chi connectivity index (χ0n) is 30.5. The van der Waals surface area contributed by atoms with Crippen molar-refractivity contribution in [3.63, 3.8) is 0 Å². The fraction of sp³-hybridized carbons (Fsp3) is 0.676. The predicted molar refractivity (Wildman–Crippen MR) is 188 cm³/mol. The molecule has 46 heavy (non-hydrogen) atoms. The van der Waals surface area contributed by atoms with Gasteiger partial charge in [0, 0.05) is 25.2 Å². The van der Waals surface area contributed by atoms with E-state index in [1.807, 2.05) is 58.0 Å². The third kappa shape index (κ3) is 15.9. The largest absolute Gasteiger partial charge is 0.459 e. The van der Waals surface area contributed by atoms with E-state index in [9.17, 15) is 19.2 Å². The maximum absolute atomic E-state index is 13.1. The summed E-state index contributed by atoms with van der Waals surface area (Å²) in [6, 6.07) is 9.25. The third-order valence-electron chi connectivity index (χ3n) is 7.75. The number of carbonyl (C=O) groups is 4. The minimum absolute atomic E-state index is 0.0492. The Bertz CT molecular complexity index is 1020. The number of amides is 3. The first-order chi connectivity index (χ1) is 22.0. The molecule has 2 aliphatic heterocycles. The van der Waals surface area contributed by atoms with Gasteiger partial charge in [-0.05, 0) is 71.0 Å². The van der Waals surface area contributed by atoms with Crippen molar-refractivity contribution in [2.45, 2.75) is 126 Å². The molecule has 1 aromatic rings. The second kappa shape index (κ2) is 25.0. The van der Waals surface area contributed by atoms with Crippen molar-refractivity contribution in [2.24, 2.45) is 5.92 Å². The van der Waals surface area contributed by atoms with Crippen LogP contribution in [0.3, 0.4) is 0 Å². The molecule has 0 bridgehead atoms. The quantitative estimate of drug-likeness (QED) is 0.175. The molecule has 2 fully saturated rings. The highest BCUT2D eigenvalue weighted by molar-refractivity contribution is 5.96. The Balaban J connectivity index is 0.00000120. The molecule has 262 valence electrons. The highest BCUT2D eigenvalue weighted by atomic mass is 16.5. The Morgan fingerprint density at radius 2 is 1.57 bits per heavy atom. The molecule has 0 radical (unpaired) electrons. The summed E-state index contributed by atoms with van der Waals surface area (Å²) in [7, 11) is 1.65. The first-order valence-corrected chi connectivity index (χ1v) is 17.3. The van der Waals surface area contributed by atoms with E-state index in [4.69, 9.17) is 4.74 Å². The average molecular weight is 645 g/mol. The van der Waals surface area contributed by atoms with Gasteiger partial charge in [-0.25, -0.2) is 4.79 Å². The molecule has 1 aromatic carbocycles. The Hall–Kier alpha value is -3.20. The summed E-state index contributed by atoms with van der Waals surface area (Å²) < 4.78 is 5.46. The molecular weight excluding hydrogens is 580 g/mol. The van der Waals surface area contributed by atoms with Gasteiger partial charge in [-0.15, -0.1) is 0 Å². The minimum Gasteiger partial charge on any atom is -0.459 e. The average Bonchev–Trinajstić information content (AvgIpc) is 3.57. The van der Waals surface area contributed by atoms with Crippen molar-refractivity contribution in [3.05, 3.63) is 47.5 Å². The molecular formula is C37H64N4O5. The van der Waals surface area contributed by atoms with E-state index in [0.29, 0.717) is 24.9 Å². The fourth-order valence-corrected chi connectivity index (χ4v) is 5.24. The molecule has 2 saturated heterocycles. The van der Waals surface area contributed by atoms with Crippen LogP contribution in [0.15, 0.2) is 42.0 Å². The zero-order valence-corrected chi connectivity index (χ0v) is 30.5. The number of nitrogens with one attached hydrogen (secondary N) is 1. The van der Waals surface area contributed by atoms with Gasteiger partial charge in [0.15, 0.2) is 0 Å². The summed E-state index contributed by atoms with van der Waals surface area (Å²) in [5, 5.41) is 2.37. The first-order valence-electron chi connectivity index (χ1n) is 17.3. The van der Waals surface area contributed by atoms with E-state index < -0.39 is 12.0 Å². The van der Waals surface area contributed by atoms with Crippen molar-refractivity contribution in [2.75, 3.05) is 33.2 Å². The van der Waals surface area contributed by atoms with Crippen LogP contribution in [0.5, 0.6) is 0 Å². The van der Waals surface area contributed by atoms with Crippen LogP contribution in [0, 0.1) is 5.92 Å². The standard InChI is InChI=1S/C24H33N3O5.C8H17N.C3H8.C2H6/c1-17(2)21(26(4)22(29)14-25-16-28)13-18(3)23(30)27-12-8-11-20(27)24(31)32-15-19-9-6-5-7-10-19;1-8(2)9-6-4-3-5-7-9;1-3-2;1-2/h5-7,9-10,13,16-17,20-21H,8,11-12,14-15H2,1-4H3,(H,25,28);8H,3-7H2,1-2H3;3H2,1-2H3;1-2H3/b18-13+;;;. The van der Waals surface area contributed by atoms with Crippen LogP contribution in [0.1, 0.15) is 106 Å². The van der Waals surface area contributed by atoms with Gasteiger partial charge in [0.1, 0.15) is 12.6 Å². The number of piperidine rings is 1. The monoisotopic (exact) mass is 644 g/mol. The van der Waals surface area contributed by atoms with Crippen molar-refractivity contribution < 1.29 is 23.9 Å². The van der Waals surface area contributed by atoms with E-state index in [1.165, 1.54) is 43.7 Å². The topological polar surface area (TPSA) is 99.3 Å². The summed E-state index contributed by atoms with van der Waals surface area (Å²) in [5.74, 6) is -0.842. The van der Waals surface area contributed by atoms with Gasteiger partial charge in [0.25, 0.3) is 0 Å². The molecule has 2 atom stereocenters. The van der Waals surface area contributed by atoms with Crippen LogP contribution >= 0.6 is 0 Å². The lowest BCUT2D eigenvalue weighted by Crippen LogP contribution is -2.44. The Morgan fingerprint density at radius 3 is 2.07 bits per heavy atom. The molecule has 0 spiro atoms. The van der Waals surface area contributed by atoms with Crippen molar-refractivity contribution >= 4 is 24.2 Å². The number of benzene rings is 1. The number of ether oxygens (including phenoxy) is 1. The number of hydrogen-bond donors (Lipinski definition) is 1. The van der Waals surface area contributed by atoms with E-state index in [0.717, 1.165) is 18.0 Å². The lowest BCUT2D eigenvalue weighted by atomic mass is 9.99. The second-order valence-corrected chi connectivity index (χ2v) is 12.2. The van der Waals surface area contributed by atoms with Crippen LogP contribution in [0.2, 0.25) is 0 Å². The number of hydrogen-bond acceptors (Lipinski definition) is 6. The van der Waals surface area contributed by atoms with Crippen LogP contribution in [0.25, 0.3) is 0 Å². The predicted octanol–water partition coefficient (Wildman–Crippen LogP) is 6.22. The molecule has 3 amide bonds. The van der Waals surface area contributed by atoms with Gasteiger partial charge < -0.3 is 24.8 Å². The van der Waals surface area contributed by atoms with Crippen molar-refractivity contribution in [1.82, 2.24) is 20.0 Å². The third-order valence-corrected chi connectivity index (χ3v) is 7.75. The van der Waals surface area contributed by atoms with Crippen LogP contribution in [-0.4, -0.2) is 90.2 Å². The zero-order chi connectivity index (χ0) is 35.1. The first kappa shape index (κ1) is 42.8. The number of likely N-dealkylation sites (N-methyl/N-ethyl adjacent to an activating group) is 1. The number of esters is 1. The molecule has 2 unspecified atom stereocenters. The molecule has 2 aliphatic rings. The van der Waals surface area contributed by atoms with Gasteiger partial charge in [-0.1, -0.05) is 90.8 Å². The molecule has 0 aliphatic carbocycles. The Labute approximate surface area is 280 Å². The number of nitrogens with zero attached hydrogens (tertiary/aromatic N) is 3. The van der Waals surface area contributed by atoms with Gasteiger partial charge >= 0.3 is 5.97 Å². The minimum atomic E-state index is -0.608. The molecule has 2 heterocycles. The van der Waals surface area contributed by atoms with E-state index in [1.54, 1.807) is 24.9 Å². The maximum Gasteiger partial charge on any atom is 0.329 e. The van der Waals surface area contributed by atoms with E-state index >= 15 is 0 Å². The number of carbonyl (C=O) groups excluding carboxylic acids is 4. The summed E-state index contributed by atoms with van der Waals surface area (Å²) in [5.41, 5.74) is 1.36. The van der Waals surface area contributed by atoms with Crippen LogP contribution < -0.4 is 5.32 Å². The number of likely N-dealkylation sites (tertiary alicyclic amines) is 2. The highest BCUT2D eigenvalue weighted by Crippen LogP contribution is 2.23. The van der Waals surface area contributed by atoms with E-state index in [2.05, 4.69) is 37.9 Å². The Morgan fingerprint density at radius 1 is 0.978 bits per heavy atom. The lowest BCUT2D eigenvalue weighted by Gasteiger charge is -2.30. The summed E-state index contributed by atoms with van der Waals surface area (Å²) in [6.45, 7) is 21.6. The van der Waals surface area contributed by atoms with Gasteiger partial charge in [0.2, 0.25) is 18.2 Å². The van der Waals surface area contributed by atoms with Crippen LogP contribution in [-0.2, 0) is 30.5 Å². The second-order valence-electron chi connectivity index (χ2n) is 12.2. The smallest absolute Gasteiger partial charge is 0.329 e. The van der Waals surface area contributed by atoms with Crippen molar-refractivity contribution in [3.8, 4) is 0 Å². The molecule has 0 saturated carbocycles. The molecule has 9 nitrogen and oxygen atoms in total. The lowest BCUT2D eigenvalue weighted by molar-refractivity contribution is -0.153. The molecule has 3 rings (SSSR count). The molecule has 1 N–H and O–H groups in total. The molecule has 0 aromatic heterocycles. The fourth-order valence-electron chi connectivity index (χ4n) is 5.24.